The molecule has 1 aromatic heterocycles. The van der Waals surface area contributed by atoms with Gasteiger partial charge in [0.25, 0.3) is 0 Å². The van der Waals surface area contributed by atoms with Crippen LogP contribution >= 0.6 is 0 Å². The van der Waals surface area contributed by atoms with E-state index in [2.05, 4.69) is 23.3 Å². The quantitative estimate of drug-likeness (QED) is 0.428. The number of carbonyl (C=O) groups excluding carboxylic acids is 2. The van der Waals surface area contributed by atoms with Gasteiger partial charge in [0.1, 0.15) is 6.61 Å². The highest BCUT2D eigenvalue weighted by Gasteiger charge is 2.18. The molecule has 3 rings (SSSR count). The minimum absolute atomic E-state index is 0.00422. The fourth-order valence-corrected chi connectivity index (χ4v) is 4.10. The number of ether oxygens (including phenoxy) is 2. The first-order valence-electron chi connectivity index (χ1n) is 11.8. The van der Waals surface area contributed by atoms with Crippen molar-refractivity contribution in [3.63, 3.8) is 0 Å². The number of amides is 2. The summed E-state index contributed by atoms with van der Waals surface area (Å²) < 4.78 is 11.6. The number of aromatic nitrogens is 1. The molecule has 2 amide bonds. The topological polar surface area (TPSA) is 107 Å². The minimum Gasteiger partial charge on any atom is -0.493 e. The summed E-state index contributed by atoms with van der Waals surface area (Å²) in [5.41, 5.74) is 9.74. The molecule has 186 valence electrons. The van der Waals surface area contributed by atoms with Crippen LogP contribution in [0.1, 0.15) is 38.8 Å². The zero-order chi connectivity index (χ0) is 25.5. The van der Waals surface area contributed by atoms with Crippen molar-refractivity contribution >= 4 is 34.1 Å². The van der Waals surface area contributed by atoms with Gasteiger partial charge in [-0.2, -0.15) is 0 Å². The molecule has 0 unspecified atom stereocenters. The van der Waals surface area contributed by atoms with Crippen LogP contribution in [0.2, 0.25) is 0 Å². The first-order valence-corrected chi connectivity index (χ1v) is 11.8. The highest BCUT2D eigenvalue weighted by Crippen LogP contribution is 2.38. The molecule has 0 fully saturated rings. The maximum atomic E-state index is 11.9. The molecule has 3 aromatic rings. The lowest BCUT2D eigenvalue weighted by Gasteiger charge is -2.25. The Morgan fingerprint density at radius 1 is 1.14 bits per heavy atom. The molecule has 2 aromatic carbocycles. The molecule has 0 aliphatic rings. The van der Waals surface area contributed by atoms with Gasteiger partial charge in [0, 0.05) is 41.9 Å². The lowest BCUT2D eigenvalue weighted by molar-refractivity contribution is -0.130. The number of pyridine rings is 1. The number of primary amides is 1. The van der Waals surface area contributed by atoms with Gasteiger partial charge >= 0.3 is 0 Å². The minimum atomic E-state index is -0.444. The van der Waals surface area contributed by atoms with E-state index in [0.717, 1.165) is 28.7 Å². The van der Waals surface area contributed by atoms with Crippen molar-refractivity contribution in [3.05, 3.63) is 53.7 Å². The van der Waals surface area contributed by atoms with Crippen LogP contribution in [0.25, 0.3) is 10.9 Å². The summed E-state index contributed by atoms with van der Waals surface area (Å²) in [6.07, 6.45) is 2.56. The van der Waals surface area contributed by atoms with Crippen molar-refractivity contribution in [3.8, 4) is 11.5 Å². The highest BCUT2D eigenvalue weighted by molar-refractivity contribution is 5.98. The Bertz CT molecular complexity index is 1210. The van der Waals surface area contributed by atoms with Crippen LogP contribution in [0, 0.1) is 0 Å². The number of rotatable bonds is 11. The summed E-state index contributed by atoms with van der Waals surface area (Å²) in [5.74, 6) is 0.611. The number of anilines is 2. The van der Waals surface area contributed by atoms with Gasteiger partial charge < -0.3 is 25.4 Å². The fourth-order valence-electron chi connectivity index (χ4n) is 4.10. The summed E-state index contributed by atoms with van der Waals surface area (Å²) in [4.78, 5) is 30.0. The number of hydrogen-bond acceptors (Lipinski definition) is 6. The van der Waals surface area contributed by atoms with E-state index in [1.54, 1.807) is 31.2 Å². The van der Waals surface area contributed by atoms with Crippen LogP contribution < -0.4 is 20.5 Å². The Morgan fingerprint density at radius 3 is 2.51 bits per heavy atom. The molecular formula is C27H34N4O4. The van der Waals surface area contributed by atoms with Crippen LogP contribution in [0.5, 0.6) is 11.5 Å². The van der Waals surface area contributed by atoms with Gasteiger partial charge in [0.2, 0.25) is 11.8 Å². The standard InChI is InChI=1S/C27H34N4O4/c1-6-19-9-7-8-10-22(19)30-27-20(13-26(28)33)16-29-23-15-24(34-5)25(14-21(23)27)35-12-11-31(17(2)3)18(4)32/h7-10,14-17H,6,11-13H2,1-5H3,(H2,28,33)(H,29,30). The lowest BCUT2D eigenvalue weighted by atomic mass is 10.0. The van der Waals surface area contributed by atoms with Gasteiger partial charge in [0.05, 0.1) is 31.3 Å². The number of benzene rings is 2. The van der Waals surface area contributed by atoms with Crippen molar-refractivity contribution in [2.45, 2.75) is 46.6 Å². The normalized spacial score (nSPS) is 10.9. The van der Waals surface area contributed by atoms with Gasteiger partial charge in [-0.05, 0) is 38.0 Å². The van der Waals surface area contributed by atoms with Crippen molar-refractivity contribution < 1.29 is 19.1 Å². The number of methoxy groups -OCH3 is 1. The third kappa shape index (κ3) is 6.20. The number of fused-ring (bicyclic) bond motifs is 1. The molecule has 1 heterocycles. The fraction of sp³-hybridized carbons (Fsp3) is 0.370. The number of nitrogens with one attached hydrogen (secondary N) is 1. The molecule has 0 radical (unpaired) electrons. The Balaban J connectivity index is 2.05. The molecule has 8 nitrogen and oxygen atoms in total. The smallest absolute Gasteiger partial charge is 0.221 e. The van der Waals surface area contributed by atoms with Crippen LogP contribution in [-0.2, 0) is 22.4 Å². The molecular weight excluding hydrogens is 444 g/mol. The molecule has 0 spiro atoms. The van der Waals surface area contributed by atoms with Crippen LogP contribution in [0.3, 0.4) is 0 Å². The number of para-hydroxylation sites is 1. The molecule has 35 heavy (non-hydrogen) atoms. The first-order chi connectivity index (χ1) is 16.7. The average Bonchev–Trinajstić information content (AvgIpc) is 2.82. The summed E-state index contributed by atoms with van der Waals surface area (Å²) in [7, 11) is 1.57. The van der Waals surface area contributed by atoms with E-state index in [9.17, 15) is 9.59 Å². The predicted molar refractivity (Wildman–Crippen MR) is 138 cm³/mol. The molecule has 0 saturated carbocycles. The van der Waals surface area contributed by atoms with E-state index in [0.29, 0.717) is 35.7 Å². The van der Waals surface area contributed by atoms with Gasteiger partial charge in [-0.1, -0.05) is 25.1 Å². The van der Waals surface area contributed by atoms with E-state index < -0.39 is 5.91 Å². The summed E-state index contributed by atoms with van der Waals surface area (Å²) >= 11 is 0. The Morgan fingerprint density at radius 2 is 1.89 bits per heavy atom. The lowest BCUT2D eigenvalue weighted by Crippen LogP contribution is -2.38. The van der Waals surface area contributed by atoms with E-state index in [1.165, 1.54) is 0 Å². The van der Waals surface area contributed by atoms with Crippen molar-refractivity contribution in [1.82, 2.24) is 9.88 Å². The zero-order valence-electron chi connectivity index (χ0n) is 21.1. The largest absolute Gasteiger partial charge is 0.493 e. The van der Waals surface area contributed by atoms with Crippen molar-refractivity contribution in [2.24, 2.45) is 5.73 Å². The molecule has 0 aliphatic carbocycles. The second-order valence-corrected chi connectivity index (χ2v) is 8.61. The molecule has 0 bridgehead atoms. The number of nitrogens with two attached hydrogens (primary N) is 1. The van der Waals surface area contributed by atoms with Gasteiger partial charge in [-0.25, -0.2) is 0 Å². The van der Waals surface area contributed by atoms with Crippen LogP contribution in [-0.4, -0.2) is 48.0 Å². The molecule has 0 saturated heterocycles. The molecule has 0 aliphatic heterocycles. The van der Waals surface area contributed by atoms with E-state index in [-0.39, 0.29) is 18.4 Å². The van der Waals surface area contributed by atoms with Crippen LogP contribution in [0.4, 0.5) is 11.4 Å². The second kappa shape index (κ2) is 11.6. The highest BCUT2D eigenvalue weighted by atomic mass is 16.5. The third-order valence-electron chi connectivity index (χ3n) is 5.87. The molecule has 0 atom stereocenters. The predicted octanol–water partition coefficient (Wildman–Crippen LogP) is 4.21. The monoisotopic (exact) mass is 478 g/mol. The Kier molecular flexibility index (Phi) is 8.52. The van der Waals surface area contributed by atoms with Gasteiger partial charge in [-0.15, -0.1) is 0 Å². The first kappa shape index (κ1) is 25.8. The van der Waals surface area contributed by atoms with Crippen molar-refractivity contribution in [1.29, 1.82) is 0 Å². The van der Waals surface area contributed by atoms with Gasteiger partial charge in [0.15, 0.2) is 11.5 Å². The number of hydrogen-bond donors (Lipinski definition) is 2. The Labute approximate surface area is 206 Å². The van der Waals surface area contributed by atoms with Crippen LogP contribution in [0.15, 0.2) is 42.6 Å². The summed E-state index contributed by atoms with van der Waals surface area (Å²) in [6.45, 7) is 8.33. The third-order valence-corrected chi connectivity index (χ3v) is 5.87. The SMILES string of the molecule is CCc1ccccc1Nc1c(CC(N)=O)cnc2cc(OC)c(OCCN(C(C)=O)C(C)C)cc12. The van der Waals surface area contributed by atoms with E-state index in [4.69, 9.17) is 15.2 Å². The zero-order valence-corrected chi connectivity index (χ0v) is 21.1. The number of aryl methyl sites for hydroxylation is 1. The molecule has 3 N–H and O–H groups in total. The summed E-state index contributed by atoms with van der Waals surface area (Å²) in [6, 6.07) is 11.8. The molecule has 8 heteroatoms. The number of carbonyl (C=O) groups is 2. The maximum absolute atomic E-state index is 11.9. The van der Waals surface area contributed by atoms with E-state index in [1.807, 2.05) is 38.1 Å². The van der Waals surface area contributed by atoms with Gasteiger partial charge in [-0.3, -0.25) is 14.6 Å². The Hall–Kier alpha value is -3.81. The average molecular weight is 479 g/mol. The van der Waals surface area contributed by atoms with E-state index >= 15 is 0 Å². The van der Waals surface area contributed by atoms with Crippen molar-refractivity contribution in [2.75, 3.05) is 25.6 Å². The maximum Gasteiger partial charge on any atom is 0.221 e. The summed E-state index contributed by atoms with van der Waals surface area (Å²) in [5, 5.41) is 4.29. The second-order valence-electron chi connectivity index (χ2n) is 8.61. The number of nitrogens with zero attached hydrogens (tertiary/aromatic N) is 2.